The van der Waals surface area contributed by atoms with Crippen molar-refractivity contribution in [3.8, 4) is 5.75 Å². The largest absolute Gasteiger partial charge is 0.497 e. The Morgan fingerprint density at radius 3 is 2.70 bits per heavy atom. The van der Waals surface area contributed by atoms with E-state index in [1.165, 1.54) is 12.1 Å². The first-order chi connectivity index (χ1) is 13.2. The second-order valence-corrected chi connectivity index (χ2v) is 7.04. The molecule has 2 heterocycles. The Kier molecular flexibility index (Phi) is 5.07. The zero-order valence-corrected chi connectivity index (χ0v) is 15.6. The van der Waals surface area contributed by atoms with Gasteiger partial charge in [-0.05, 0) is 47.5 Å². The summed E-state index contributed by atoms with van der Waals surface area (Å²) in [6.45, 7) is 0.649. The average Bonchev–Trinajstić information content (AvgIpc) is 3.05. The molecule has 2 aromatic carbocycles. The Morgan fingerprint density at radius 1 is 1.04 bits per heavy atom. The quantitative estimate of drug-likeness (QED) is 0.446. The van der Waals surface area contributed by atoms with Crippen LogP contribution < -0.4 is 4.74 Å². The van der Waals surface area contributed by atoms with Gasteiger partial charge >= 0.3 is 0 Å². The van der Waals surface area contributed by atoms with Gasteiger partial charge < -0.3 is 4.74 Å². The first-order valence-electron chi connectivity index (χ1n) is 8.54. The first-order valence-corrected chi connectivity index (χ1v) is 9.53. The number of aromatic nitrogens is 3. The van der Waals surface area contributed by atoms with Crippen LogP contribution in [0.1, 0.15) is 11.1 Å². The summed E-state index contributed by atoms with van der Waals surface area (Å²) in [6, 6.07) is 18.4. The van der Waals surface area contributed by atoms with Crippen molar-refractivity contribution in [2.45, 2.75) is 17.5 Å². The van der Waals surface area contributed by atoms with Crippen molar-refractivity contribution in [3.63, 3.8) is 0 Å². The highest BCUT2D eigenvalue weighted by molar-refractivity contribution is 7.98. The van der Waals surface area contributed by atoms with Crippen molar-refractivity contribution in [1.29, 1.82) is 0 Å². The second-order valence-electron chi connectivity index (χ2n) is 6.09. The SMILES string of the molecule is COc1cccc(Cn2c(SCc3ccc(F)cc3)nc3cccnc32)c1. The zero-order chi connectivity index (χ0) is 18.6. The van der Waals surface area contributed by atoms with Crippen LogP contribution in [0.25, 0.3) is 11.2 Å². The summed E-state index contributed by atoms with van der Waals surface area (Å²) < 4.78 is 20.6. The molecule has 6 heteroatoms. The summed E-state index contributed by atoms with van der Waals surface area (Å²) >= 11 is 1.62. The number of rotatable bonds is 6. The number of methoxy groups -OCH3 is 1. The Hall–Kier alpha value is -2.86. The van der Waals surface area contributed by atoms with Gasteiger partial charge in [0.1, 0.15) is 17.1 Å². The van der Waals surface area contributed by atoms with Crippen LogP contribution in [0.2, 0.25) is 0 Å². The predicted octanol–water partition coefficient (Wildman–Crippen LogP) is 4.92. The van der Waals surface area contributed by atoms with Gasteiger partial charge in [0.25, 0.3) is 0 Å². The molecule has 0 N–H and O–H groups in total. The zero-order valence-electron chi connectivity index (χ0n) is 14.8. The van der Waals surface area contributed by atoms with Crippen LogP contribution in [0, 0.1) is 5.82 Å². The number of thioether (sulfide) groups is 1. The molecule has 0 spiro atoms. The summed E-state index contributed by atoms with van der Waals surface area (Å²) in [7, 11) is 1.66. The number of nitrogens with zero attached hydrogens (tertiary/aromatic N) is 3. The molecule has 0 radical (unpaired) electrons. The van der Waals surface area contributed by atoms with Gasteiger partial charge in [0.15, 0.2) is 10.8 Å². The molecule has 136 valence electrons. The minimum absolute atomic E-state index is 0.224. The number of hydrogen-bond acceptors (Lipinski definition) is 4. The maximum absolute atomic E-state index is 13.1. The Balaban J connectivity index is 1.65. The highest BCUT2D eigenvalue weighted by atomic mass is 32.2. The molecule has 27 heavy (non-hydrogen) atoms. The lowest BCUT2D eigenvalue weighted by molar-refractivity contribution is 0.414. The summed E-state index contributed by atoms with van der Waals surface area (Å²) in [5.41, 5.74) is 3.88. The predicted molar refractivity (Wildman–Crippen MR) is 106 cm³/mol. The maximum atomic E-state index is 13.1. The molecule has 0 saturated carbocycles. The van der Waals surface area contributed by atoms with E-state index in [9.17, 15) is 4.39 Å². The van der Waals surface area contributed by atoms with Crippen molar-refractivity contribution >= 4 is 22.9 Å². The van der Waals surface area contributed by atoms with Crippen molar-refractivity contribution in [1.82, 2.24) is 14.5 Å². The molecule has 0 aliphatic carbocycles. The van der Waals surface area contributed by atoms with Gasteiger partial charge in [0.05, 0.1) is 13.7 Å². The van der Waals surface area contributed by atoms with Crippen LogP contribution in [-0.4, -0.2) is 21.6 Å². The van der Waals surface area contributed by atoms with E-state index in [-0.39, 0.29) is 5.82 Å². The molecule has 0 fully saturated rings. The highest BCUT2D eigenvalue weighted by Gasteiger charge is 2.13. The topological polar surface area (TPSA) is 39.9 Å². The maximum Gasteiger partial charge on any atom is 0.170 e. The van der Waals surface area contributed by atoms with Gasteiger partial charge in [-0.15, -0.1) is 0 Å². The number of benzene rings is 2. The second kappa shape index (κ2) is 7.80. The van der Waals surface area contributed by atoms with Gasteiger partial charge in [0.2, 0.25) is 0 Å². The van der Waals surface area contributed by atoms with Crippen LogP contribution in [-0.2, 0) is 12.3 Å². The number of fused-ring (bicyclic) bond motifs is 1. The monoisotopic (exact) mass is 379 g/mol. The van der Waals surface area contributed by atoms with Crippen LogP contribution in [0.4, 0.5) is 4.39 Å². The number of ether oxygens (including phenoxy) is 1. The fourth-order valence-corrected chi connectivity index (χ4v) is 3.83. The summed E-state index contributed by atoms with van der Waals surface area (Å²) in [6.07, 6.45) is 1.78. The molecule has 0 aliphatic rings. The van der Waals surface area contributed by atoms with E-state index in [1.807, 2.05) is 30.3 Å². The smallest absolute Gasteiger partial charge is 0.170 e. The number of imidazole rings is 1. The standard InChI is InChI=1S/C21H18FN3OS/c1-26-18-5-2-4-16(12-18)13-25-20-19(6-3-11-23-20)24-21(25)27-14-15-7-9-17(22)10-8-15/h2-12H,13-14H2,1H3. The van der Waals surface area contributed by atoms with Crippen molar-refractivity contribution < 1.29 is 9.13 Å². The van der Waals surface area contributed by atoms with Gasteiger partial charge in [-0.1, -0.05) is 36.0 Å². The van der Waals surface area contributed by atoms with Gasteiger partial charge in [0, 0.05) is 11.9 Å². The lowest BCUT2D eigenvalue weighted by Gasteiger charge is -2.10. The highest BCUT2D eigenvalue weighted by Crippen LogP contribution is 2.27. The molecule has 0 aliphatic heterocycles. The normalized spacial score (nSPS) is 11.0. The fourth-order valence-electron chi connectivity index (χ4n) is 2.87. The molecule has 0 atom stereocenters. The van der Waals surface area contributed by atoms with Crippen molar-refractivity contribution in [3.05, 3.63) is 83.8 Å². The molecular weight excluding hydrogens is 361 g/mol. The lowest BCUT2D eigenvalue weighted by Crippen LogP contribution is -2.03. The average molecular weight is 379 g/mol. The van der Waals surface area contributed by atoms with Crippen LogP contribution >= 0.6 is 11.8 Å². The molecule has 0 unspecified atom stereocenters. The third-order valence-electron chi connectivity index (χ3n) is 4.22. The van der Waals surface area contributed by atoms with Crippen LogP contribution in [0.3, 0.4) is 0 Å². The van der Waals surface area contributed by atoms with E-state index in [4.69, 9.17) is 9.72 Å². The third-order valence-corrected chi connectivity index (χ3v) is 5.27. The molecule has 0 saturated heterocycles. The van der Waals surface area contributed by atoms with E-state index in [1.54, 1.807) is 37.2 Å². The van der Waals surface area contributed by atoms with Crippen molar-refractivity contribution in [2.24, 2.45) is 0 Å². The Labute approximate surface area is 161 Å². The third kappa shape index (κ3) is 3.95. The van der Waals surface area contributed by atoms with E-state index < -0.39 is 0 Å². The summed E-state index contributed by atoms with van der Waals surface area (Å²) in [5.74, 6) is 1.31. The Morgan fingerprint density at radius 2 is 1.89 bits per heavy atom. The van der Waals surface area contributed by atoms with Crippen LogP contribution in [0.15, 0.2) is 72.0 Å². The lowest BCUT2D eigenvalue weighted by atomic mass is 10.2. The molecule has 0 amide bonds. The van der Waals surface area contributed by atoms with Crippen LogP contribution in [0.5, 0.6) is 5.75 Å². The summed E-state index contributed by atoms with van der Waals surface area (Å²) in [5, 5.41) is 0.885. The molecular formula is C21H18FN3OS. The van der Waals surface area contributed by atoms with Gasteiger partial charge in [-0.25, -0.2) is 14.4 Å². The molecule has 4 nitrogen and oxygen atoms in total. The summed E-state index contributed by atoms with van der Waals surface area (Å²) in [4.78, 5) is 9.26. The number of hydrogen-bond donors (Lipinski definition) is 0. The van der Waals surface area contributed by atoms with E-state index >= 15 is 0 Å². The van der Waals surface area contributed by atoms with Gasteiger partial charge in [-0.3, -0.25) is 4.57 Å². The van der Waals surface area contributed by atoms with E-state index in [2.05, 4.69) is 15.6 Å². The number of halogens is 1. The first kappa shape index (κ1) is 17.5. The molecule has 2 aromatic heterocycles. The molecule has 0 bridgehead atoms. The van der Waals surface area contributed by atoms with E-state index in [0.29, 0.717) is 12.3 Å². The Bertz CT molecular complexity index is 1060. The number of pyridine rings is 1. The fraction of sp³-hybridized carbons (Fsp3) is 0.143. The minimum atomic E-state index is -0.224. The minimum Gasteiger partial charge on any atom is -0.497 e. The molecule has 4 rings (SSSR count). The van der Waals surface area contributed by atoms with Gasteiger partial charge in [-0.2, -0.15) is 0 Å². The van der Waals surface area contributed by atoms with Crippen molar-refractivity contribution in [2.75, 3.05) is 7.11 Å². The molecule has 4 aromatic rings. The van der Waals surface area contributed by atoms with E-state index in [0.717, 1.165) is 33.2 Å².